The molecule has 39 heavy (non-hydrogen) atoms. The van der Waals surface area contributed by atoms with Crippen molar-refractivity contribution in [1.29, 1.82) is 0 Å². The number of nitrogens with zero attached hydrogens (tertiary/aromatic N) is 3. The molecule has 0 unspecified atom stereocenters. The Bertz CT molecular complexity index is 1510. The fraction of sp³-hybridized carbons (Fsp3) is 0.172. The lowest BCUT2D eigenvalue weighted by Gasteiger charge is -2.29. The average molecular weight is 544 g/mol. The van der Waals surface area contributed by atoms with Gasteiger partial charge < -0.3 is 24.8 Å². The summed E-state index contributed by atoms with van der Waals surface area (Å²) in [5, 5.41) is 6.46. The lowest BCUT2D eigenvalue weighted by molar-refractivity contribution is -0.116. The molecule has 5 rings (SSSR count). The Kier molecular flexibility index (Phi) is 7.64. The monoisotopic (exact) mass is 543 g/mol. The van der Waals surface area contributed by atoms with E-state index in [-0.39, 0.29) is 36.6 Å². The number of nitrogens with one attached hydrogen (secondary N) is 2. The first-order chi connectivity index (χ1) is 19.0. The van der Waals surface area contributed by atoms with Crippen LogP contribution in [0.3, 0.4) is 0 Å². The van der Waals surface area contributed by atoms with Gasteiger partial charge in [0.15, 0.2) is 5.11 Å². The Morgan fingerprint density at radius 3 is 2.59 bits per heavy atom. The fourth-order valence-corrected chi connectivity index (χ4v) is 5.12. The fourth-order valence-electron chi connectivity index (χ4n) is 4.79. The van der Waals surface area contributed by atoms with Crippen LogP contribution in [0.2, 0.25) is 0 Å². The summed E-state index contributed by atoms with van der Waals surface area (Å²) in [6.07, 6.45) is 3.66. The van der Waals surface area contributed by atoms with Crippen LogP contribution in [-0.4, -0.2) is 45.1 Å². The molecular formula is C29H26FN5O3S. The number of thiocarbonyl (C=S) groups is 1. The summed E-state index contributed by atoms with van der Waals surface area (Å²) in [6.45, 7) is 0.268. The van der Waals surface area contributed by atoms with Crippen molar-refractivity contribution in [1.82, 2.24) is 19.8 Å². The molecule has 1 saturated heterocycles. The number of carbonyl (C=O) groups is 2. The molecule has 0 radical (unpaired) electrons. The SMILES string of the molecule is COC(=O)c1ccccc1-n1cccc1[C@@H]1[C@H](c2ccccn2)NC(=S)N1CCC(=O)Nc1ccccc1F. The number of esters is 1. The van der Waals surface area contributed by atoms with Crippen LogP contribution >= 0.6 is 12.2 Å². The first kappa shape index (κ1) is 26.1. The molecule has 198 valence electrons. The van der Waals surface area contributed by atoms with Crippen LogP contribution in [0, 0.1) is 5.82 Å². The summed E-state index contributed by atoms with van der Waals surface area (Å²) in [7, 11) is 1.35. The number of methoxy groups -OCH3 is 1. The zero-order valence-electron chi connectivity index (χ0n) is 21.1. The number of para-hydroxylation sites is 2. The van der Waals surface area contributed by atoms with E-state index in [4.69, 9.17) is 17.0 Å². The van der Waals surface area contributed by atoms with E-state index in [2.05, 4.69) is 15.6 Å². The van der Waals surface area contributed by atoms with E-state index in [1.165, 1.54) is 19.2 Å². The van der Waals surface area contributed by atoms with Crippen LogP contribution < -0.4 is 10.6 Å². The van der Waals surface area contributed by atoms with E-state index in [1.807, 2.05) is 58.1 Å². The van der Waals surface area contributed by atoms with E-state index < -0.39 is 11.8 Å². The molecule has 4 aromatic rings. The lowest BCUT2D eigenvalue weighted by atomic mass is 10.0. The Hall–Kier alpha value is -4.57. The molecule has 0 spiro atoms. The number of carbonyl (C=O) groups excluding carboxylic acids is 2. The second-order valence-electron chi connectivity index (χ2n) is 8.91. The first-order valence-corrected chi connectivity index (χ1v) is 12.8. The van der Waals surface area contributed by atoms with E-state index in [0.717, 1.165) is 11.4 Å². The molecule has 1 aliphatic rings. The molecule has 1 aliphatic heterocycles. The van der Waals surface area contributed by atoms with Crippen molar-refractivity contribution in [3.63, 3.8) is 0 Å². The zero-order valence-corrected chi connectivity index (χ0v) is 21.9. The topological polar surface area (TPSA) is 88.5 Å². The second kappa shape index (κ2) is 11.4. The molecule has 2 aromatic carbocycles. The maximum absolute atomic E-state index is 14.1. The van der Waals surface area contributed by atoms with Gasteiger partial charge in [0.2, 0.25) is 5.91 Å². The molecule has 2 atom stereocenters. The molecule has 0 saturated carbocycles. The van der Waals surface area contributed by atoms with Crippen LogP contribution in [0.5, 0.6) is 0 Å². The Morgan fingerprint density at radius 1 is 1.05 bits per heavy atom. The number of ether oxygens (including phenoxy) is 1. The quantitative estimate of drug-likeness (QED) is 0.244. The largest absolute Gasteiger partial charge is 0.465 e. The minimum Gasteiger partial charge on any atom is -0.465 e. The van der Waals surface area contributed by atoms with Gasteiger partial charge in [0.25, 0.3) is 0 Å². The summed E-state index contributed by atoms with van der Waals surface area (Å²) in [6, 6.07) is 22.0. The maximum Gasteiger partial charge on any atom is 0.339 e. The third kappa shape index (κ3) is 5.37. The van der Waals surface area contributed by atoms with Gasteiger partial charge >= 0.3 is 5.97 Å². The maximum atomic E-state index is 14.1. The Morgan fingerprint density at radius 2 is 1.82 bits per heavy atom. The highest BCUT2D eigenvalue weighted by molar-refractivity contribution is 7.80. The molecule has 8 nitrogen and oxygen atoms in total. The molecule has 3 heterocycles. The zero-order chi connectivity index (χ0) is 27.4. The number of hydrogen-bond acceptors (Lipinski definition) is 5. The van der Waals surface area contributed by atoms with E-state index in [9.17, 15) is 14.0 Å². The van der Waals surface area contributed by atoms with Crippen molar-refractivity contribution < 1.29 is 18.7 Å². The highest BCUT2D eigenvalue weighted by Crippen LogP contribution is 2.40. The number of halogens is 1. The number of hydrogen-bond donors (Lipinski definition) is 2. The minimum atomic E-state index is -0.501. The highest BCUT2D eigenvalue weighted by atomic mass is 32.1. The van der Waals surface area contributed by atoms with Crippen LogP contribution in [0.1, 0.15) is 40.3 Å². The van der Waals surface area contributed by atoms with Crippen molar-refractivity contribution in [2.24, 2.45) is 0 Å². The van der Waals surface area contributed by atoms with Crippen molar-refractivity contribution in [2.75, 3.05) is 19.0 Å². The number of pyridine rings is 1. The summed E-state index contributed by atoms with van der Waals surface area (Å²) in [4.78, 5) is 31.8. The number of aromatic nitrogens is 2. The van der Waals surface area contributed by atoms with Crippen molar-refractivity contribution in [3.8, 4) is 5.69 Å². The van der Waals surface area contributed by atoms with Gasteiger partial charge in [0.05, 0.1) is 41.8 Å². The summed E-state index contributed by atoms with van der Waals surface area (Å²) < 4.78 is 21.0. The van der Waals surface area contributed by atoms with Gasteiger partial charge in [-0.1, -0.05) is 30.3 Å². The van der Waals surface area contributed by atoms with Gasteiger partial charge in [-0.05, 0) is 60.7 Å². The van der Waals surface area contributed by atoms with Gasteiger partial charge in [0.1, 0.15) is 5.82 Å². The van der Waals surface area contributed by atoms with Crippen molar-refractivity contribution >= 4 is 34.9 Å². The Balaban J connectivity index is 1.49. The Labute approximate surface area is 230 Å². The third-order valence-corrected chi connectivity index (χ3v) is 6.93. The van der Waals surface area contributed by atoms with Crippen LogP contribution in [0.15, 0.2) is 91.3 Å². The van der Waals surface area contributed by atoms with Crippen LogP contribution in [0.25, 0.3) is 5.69 Å². The van der Waals surface area contributed by atoms with Gasteiger partial charge in [0, 0.05) is 31.1 Å². The van der Waals surface area contributed by atoms with Crippen molar-refractivity contribution in [2.45, 2.75) is 18.5 Å². The number of amides is 1. The van der Waals surface area contributed by atoms with Gasteiger partial charge in [-0.25, -0.2) is 9.18 Å². The first-order valence-electron chi connectivity index (χ1n) is 12.4. The van der Waals surface area contributed by atoms with Crippen molar-refractivity contribution in [3.05, 3.63) is 114 Å². The second-order valence-corrected chi connectivity index (χ2v) is 9.30. The van der Waals surface area contributed by atoms with Gasteiger partial charge in [-0.15, -0.1) is 0 Å². The molecule has 2 aromatic heterocycles. The normalized spacial score (nSPS) is 16.6. The molecule has 0 bridgehead atoms. The van der Waals surface area contributed by atoms with Crippen LogP contribution in [0.4, 0.5) is 10.1 Å². The highest BCUT2D eigenvalue weighted by Gasteiger charge is 2.41. The number of anilines is 1. The van der Waals surface area contributed by atoms with E-state index >= 15 is 0 Å². The predicted molar refractivity (Wildman–Crippen MR) is 149 cm³/mol. The minimum absolute atomic E-state index is 0.0705. The molecule has 1 fully saturated rings. The summed E-state index contributed by atoms with van der Waals surface area (Å²) in [5.41, 5.74) is 2.80. The summed E-state index contributed by atoms with van der Waals surface area (Å²) in [5.74, 6) is -1.29. The molecule has 2 N–H and O–H groups in total. The third-order valence-electron chi connectivity index (χ3n) is 6.58. The average Bonchev–Trinajstić information content (AvgIpc) is 3.57. The predicted octanol–water partition coefficient (Wildman–Crippen LogP) is 4.80. The van der Waals surface area contributed by atoms with Gasteiger partial charge in [-0.2, -0.15) is 0 Å². The smallest absolute Gasteiger partial charge is 0.339 e. The van der Waals surface area contributed by atoms with E-state index in [1.54, 1.807) is 30.5 Å². The van der Waals surface area contributed by atoms with Gasteiger partial charge in [-0.3, -0.25) is 9.78 Å². The molecule has 10 heteroatoms. The van der Waals surface area contributed by atoms with E-state index in [0.29, 0.717) is 16.4 Å². The lowest BCUT2D eigenvalue weighted by Crippen LogP contribution is -2.33. The van der Waals surface area contributed by atoms with Crippen LogP contribution in [-0.2, 0) is 9.53 Å². The summed E-state index contributed by atoms with van der Waals surface area (Å²) >= 11 is 5.73. The standard InChI is InChI=1S/C29H26FN5O3S/c1-38-28(37)19-9-2-5-13-23(19)34-17-8-14-24(34)27-26(22-12-6-7-16-31-22)33-29(39)35(27)18-15-25(36)32-21-11-4-3-10-20(21)30/h2-14,16-17,26-27H,15,18H2,1H3,(H,32,36)(H,33,39)/t26-,27+/m0/s1. The molecular weight excluding hydrogens is 517 g/mol. The number of benzene rings is 2. The number of rotatable bonds is 8. The molecule has 0 aliphatic carbocycles. The molecule has 1 amide bonds.